The van der Waals surface area contributed by atoms with E-state index in [2.05, 4.69) is 35.7 Å². The van der Waals surface area contributed by atoms with Crippen molar-refractivity contribution in [1.29, 1.82) is 0 Å². The van der Waals surface area contributed by atoms with E-state index in [4.69, 9.17) is 15.5 Å². The zero-order valence-electron chi connectivity index (χ0n) is 15.2. The monoisotopic (exact) mass is 385 g/mol. The fraction of sp³-hybridized carbons (Fsp3) is 0.700. The van der Waals surface area contributed by atoms with Gasteiger partial charge >= 0.3 is 7.82 Å². The van der Waals surface area contributed by atoms with Gasteiger partial charge in [-0.3, -0.25) is 4.52 Å². The quantitative estimate of drug-likeness (QED) is 0.393. The SMILES string of the molecule is C.CCCCCCCc1ccc([C@H]2CC[C@](N)(COP(=O)(O)O)C2)cc1. The summed E-state index contributed by atoms with van der Waals surface area (Å²) in [6.45, 7) is 2.14. The minimum Gasteiger partial charge on any atom is -0.323 e. The molecule has 2 rings (SSSR count). The average molecular weight is 385 g/mol. The van der Waals surface area contributed by atoms with Crippen LogP contribution in [0, 0.1) is 0 Å². The van der Waals surface area contributed by atoms with Crippen molar-refractivity contribution in [3.05, 3.63) is 35.4 Å². The maximum atomic E-state index is 10.9. The number of phosphoric ester groups is 1. The van der Waals surface area contributed by atoms with Gasteiger partial charge in [-0.25, -0.2) is 4.57 Å². The second kappa shape index (κ2) is 10.6. The highest BCUT2D eigenvalue weighted by Gasteiger charge is 2.38. The first-order valence-electron chi connectivity index (χ1n) is 9.39. The summed E-state index contributed by atoms with van der Waals surface area (Å²) in [6, 6.07) is 8.78. The number of phosphoric acid groups is 1. The van der Waals surface area contributed by atoms with Gasteiger partial charge in [-0.2, -0.15) is 0 Å². The van der Waals surface area contributed by atoms with Gasteiger partial charge < -0.3 is 15.5 Å². The molecular formula is C20H36NO4P. The van der Waals surface area contributed by atoms with E-state index in [1.807, 2.05) is 0 Å². The van der Waals surface area contributed by atoms with Crippen LogP contribution in [-0.2, 0) is 15.5 Å². The van der Waals surface area contributed by atoms with Crippen LogP contribution < -0.4 is 5.73 Å². The molecule has 1 aliphatic rings. The van der Waals surface area contributed by atoms with Crippen molar-refractivity contribution in [2.24, 2.45) is 5.73 Å². The third kappa shape index (κ3) is 7.89. The predicted octanol–water partition coefficient (Wildman–Crippen LogP) is 4.91. The van der Waals surface area contributed by atoms with E-state index >= 15 is 0 Å². The Hall–Kier alpha value is -0.710. The van der Waals surface area contributed by atoms with Crippen LogP contribution in [0.5, 0.6) is 0 Å². The molecule has 4 N–H and O–H groups in total. The molecule has 1 saturated carbocycles. The number of nitrogens with two attached hydrogens (primary N) is 1. The van der Waals surface area contributed by atoms with Gasteiger partial charge in [0.05, 0.1) is 6.61 Å². The summed E-state index contributed by atoms with van der Waals surface area (Å²) >= 11 is 0. The Morgan fingerprint density at radius 2 is 1.85 bits per heavy atom. The predicted molar refractivity (Wildman–Crippen MR) is 107 cm³/mol. The highest BCUT2D eigenvalue weighted by Crippen LogP contribution is 2.43. The second-order valence-corrected chi connectivity index (χ2v) is 8.71. The average Bonchev–Trinajstić information content (AvgIpc) is 2.96. The van der Waals surface area contributed by atoms with Crippen molar-refractivity contribution in [3.63, 3.8) is 0 Å². The maximum absolute atomic E-state index is 10.9. The molecule has 6 heteroatoms. The highest BCUT2D eigenvalue weighted by molar-refractivity contribution is 7.46. The van der Waals surface area contributed by atoms with Crippen LogP contribution in [0.3, 0.4) is 0 Å². The van der Waals surface area contributed by atoms with Gasteiger partial charge in [-0.05, 0) is 49.1 Å². The minimum atomic E-state index is -4.46. The summed E-state index contributed by atoms with van der Waals surface area (Å²) < 4.78 is 15.5. The lowest BCUT2D eigenvalue weighted by Crippen LogP contribution is -2.41. The van der Waals surface area contributed by atoms with Gasteiger partial charge in [0.2, 0.25) is 0 Å². The molecule has 2 atom stereocenters. The molecule has 26 heavy (non-hydrogen) atoms. The molecule has 0 aliphatic heterocycles. The smallest absolute Gasteiger partial charge is 0.323 e. The van der Waals surface area contributed by atoms with Crippen molar-refractivity contribution in [2.75, 3.05) is 6.61 Å². The van der Waals surface area contributed by atoms with Crippen molar-refractivity contribution < 1.29 is 18.9 Å². The number of hydrogen-bond donors (Lipinski definition) is 3. The van der Waals surface area contributed by atoms with Gasteiger partial charge in [0.1, 0.15) is 0 Å². The maximum Gasteiger partial charge on any atom is 0.469 e. The summed E-state index contributed by atoms with van der Waals surface area (Å²) in [5.74, 6) is 0.337. The molecule has 5 nitrogen and oxygen atoms in total. The standard InChI is InChI=1S/C19H32NO4P.CH4/c1-2-3-4-5-6-7-16-8-10-17(11-9-16)18-12-13-19(20,14-18)15-24-25(21,22)23;/h8-11,18H,2-7,12-15,20H2,1H3,(H2,21,22,23);1H4/t18-,19+;/m0./s1. The van der Waals surface area contributed by atoms with Crippen molar-refractivity contribution in [3.8, 4) is 0 Å². The molecule has 150 valence electrons. The Morgan fingerprint density at radius 1 is 1.19 bits per heavy atom. The van der Waals surface area contributed by atoms with Gasteiger partial charge in [0.15, 0.2) is 0 Å². The summed E-state index contributed by atoms with van der Waals surface area (Å²) in [6.07, 6.45) is 9.95. The first kappa shape index (κ1) is 23.3. The van der Waals surface area contributed by atoms with Gasteiger partial charge in [0.25, 0.3) is 0 Å². The van der Waals surface area contributed by atoms with Crippen LogP contribution in [0.1, 0.15) is 82.8 Å². The molecule has 1 fully saturated rings. The third-order valence-corrected chi connectivity index (χ3v) is 5.65. The molecule has 0 spiro atoms. The molecule has 1 aliphatic carbocycles. The van der Waals surface area contributed by atoms with Crippen LogP contribution in [-0.4, -0.2) is 21.9 Å². The zero-order valence-corrected chi connectivity index (χ0v) is 16.1. The number of hydrogen-bond acceptors (Lipinski definition) is 3. The van der Waals surface area contributed by atoms with Gasteiger partial charge in [-0.15, -0.1) is 0 Å². The number of aryl methyl sites for hydroxylation is 1. The summed E-state index contributed by atoms with van der Waals surface area (Å²) in [7, 11) is -4.46. The fourth-order valence-corrected chi connectivity index (χ4v) is 4.10. The molecule has 0 amide bonds. The van der Waals surface area contributed by atoms with E-state index in [0.717, 1.165) is 19.3 Å². The summed E-state index contributed by atoms with van der Waals surface area (Å²) in [5, 5.41) is 0. The first-order valence-corrected chi connectivity index (χ1v) is 10.9. The molecular weight excluding hydrogens is 349 g/mol. The van der Waals surface area contributed by atoms with Crippen molar-refractivity contribution in [1.82, 2.24) is 0 Å². The molecule has 0 heterocycles. The lowest BCUT2D eigenvalue weighted by molar-refractivity contribution is 0.153. The van der Waals surface area contributed by atoms with Crippen LogP contribution in [0.4, 0.5) is 0 Å². The largest absolute Gasteiger partial charge is 0.469 e. The van der Waals surface area contributed by atoms with E-state index in [0.29, 0.717) is 12.3 Å². The number of unbranched alkanes of at least 4 members (excludes halogenated alkanes) is 4. The number of benzene rings is 1. The lowest BCUT2D eigenvalue weighted by Gasteiger charge is -2.24. The van der Waals surface area contributed by atoms with Crippen molar-refractivity contribution >= 4 is 7.82 Å². The highest BCUT2D eigenvalue weighted by atomic mass is 31.2. The molecule has 0 bridgehead atoms. The van der Waals surface area contributed by atoms with Gasteiger partial charge in [-0.1, -0.05) is 64.3 Å². The molecule has 0 saturated heterocycles. The minimum absolute atomic E-state index is 0. The van der Waals surface area contributed by atoms with E-state index in [9.17, 15) is 4.57 Å². The van der Waals surface area contributed by atoms with Crippen LogP contribution in [0.15, 0.2) is 24.3 Å². The Kier molecular flexibility index (Phi) is 9.49. The third-order valence-electron chi connectivity index (χ3n) is 5.18. The number of rotatable bonds is 10. The summed E-state index contributed by atoms with van der Waals surface area (Å²) in [4.78, 5) is 17.7. The van der Waals surface area contributed by atoms with Crippen LogP contribution in [0.25, 0.3) is 0 Å². The fourth-order valence-electron chi connectivity index (χ4n) is 3.67. The van der Waals surface area contributed by atoms with Crippen LogP contribution >= 0.6 is 7.82 Å². The Balaban J connectivity index is 0.00000338. The topological polar surface area (TPSA) is 92.8 Å². The Labute approximate surface area is 158 Å². The van der Waals surface area contributed by atoms with Crippen molar-refractivity contribution in [2.45, 2.75) is 83.6 Å². The normalized spacial score (nSPS) is 23.0. The van der Waals surface area contributed by atoms with Crippen LogP contribution in [0.2, 0.25) is 0 Å². The summed E-state index contributed by atoms with van der Waals surface area (Å²) in [5.41, 5.74) is 8.25. The molecule has 0 radical (unpaired) electrons. The molecule has 0 unspecified atom stereocenters. The molecule has 0 aromatic heterocycles. The van der Waals surface area contributed by atoms with E-state index < -0.39 is 13.4 Å². The zero-order chi connectivity index (χ0) is 18.3. The van der Waals surface area contributed by atoms with E-state index in [1.54, 1.807) is 0 Å². The molecule has 1 aromatic carbocycles. The second-order valence-electron chi connectivity index (χ2n) is 7.47. The van der Waals surface area contributed by atoms with Gasteiger partial charge in [0, 0.05) is 5.54 Å². The molecule has 1 aromatic rings. The van der Waals surface area contributed by atoms with E-state index in [1.165, 1.54) is 43.2 Å². The first-order chi connectivity index (χ1) is 11.8. The lowest BCUT2D eigenvalue weighted by atomic mass is 9.92. The van der Waals surface area contributed by atoms with E-state index in [-0.39, 0.29) is 14.0 Å². The Morgan fingerprint density at radius 3 is 2.46 bits per heavy atom. The Bertz CT molecular complexity index is 572.